The van der Waals surface area contributed by atoms with E-state index < -0.39 is 11.7 Å². The van der Waals surface area contributed by atoms with Crippen molar-refractivity contribution in [1.29, 1.82) is 0 Å². The molecule has 1 radical (unpaired) electrons. The molecule has 0 N–H and O–H groups in total. The molecule has 4 heteroatoms. The Labute approximate surface area is 76.6 Å². The van der Waals surface area contributed by atoms with Crippen LogP contribution in [0.5, 0.6) is 0 Å². The van der Waals surface area contributed by atoms with Gasteiger partial charge in [0.15, 0.2) is 0 Å². The number of halogens is 3. The van der Waals surface area contributed by atoms with Crippen molar-refractivity contribution in [2.24, 2.45) is 0 Å². The zero-order valence-corrected chi connectivity index (χ0v) is 7.66. The second-order valence-electron chi connectivity index (χ2n) is 2.51. The lowest BCUT2D eigenvalue weighted by atomic mass is 10.2. The average molecular weight is 195 g/mol. The molecule has 0 atom stereocenters. The lowest BCUT2D eigenvalue weighted by Gasteiger charge is -2.09. The van der Waals surface area contributed by atoms with E-state index in [2.05, 4.69) is 6.92 Å². The van der Waals surface area contributed by atoms with Crippen molar-refractivity contribution >= 4 is 0 Å². The van der Waals surface area contributed by atoms with E-state index in [4.69, 9.17) is 4.74 Å². The van der Waals surface area contributed by atoms with Crippen LogP contribution in [-0.2, 0) is 4.74 Å². The van der Waals surface area contributed by atoms with Gasteiger partial charge in [0.25, 0.3) is 0 Å². The molecule has 0 aliphatic rings. The van der Waals surface area contributed by atoms with Gasteiger partial charge in [0.05, 0.1) is 6.61 Å². The molecule has 0 aromatic carbocycles. The van der Waals surface area contributed by atoms with Gasteiger partial charge in [-0.15, -0.1) is 0 Å². The first kappa shape index (κ1) is 12.5. The van der Waals surface area contributed by atoms with Crippen molar-refractivity contribution in [3.8, 4) is 0 Å². The summed E-state index contributed by atoms with van der Waals surface area (Å²) in [6.45, 7) is 5.38. The molecule has 0 saturated heterocycles. The summed E-state index contributed by atoms with van der Waals surface area (Å²) in [5.74, 6) is 0. The van der Waals surface area contributed by atoms with Crippen LogP contribution in [0.15, 0.2) is 11.6 Å². The summed E-state index contributed by atoms with van der Waals surface area (Å²) in [4.78, 5) is 0. The Balaban J connectivity index is 3.94. The molecule has 0 amide bonds. The zero-order chi connectivity index (χ0) is 10.3. The molecular formula is C9H14F3O. The average Bonchev–Trinajstić information content (AvgIpc) is 2.02. The second kappa shape index (κ2) is 6.02. The van der Waals surface area contributed by atoms with Crippen molar-refractivity contribution in [1.82, 2.24) is 0 Å². The van der Waals surface area contributed by atoms with Gasteiger partial charge >= 0.3 is 6.18 Å². The predicted molar refractivity (Wildman–Crippen MR) is 45.2 cm³/mol. The molecule has 0 unspecified atom stereocenters. The number of rotatable bonds is 5. The van der Waals surface area contributed by atoms with Gasteiger partial charge in [-0.1, -0.05) is 19.9 Å². The van der Waals surface area contributed by atoms with Gasteiger partial charge < -0.3 is 4.74 Å². The minimum absolute atomic E-state index is 0.0121. The first-order valence-corrected chi connectivity index (χ1v) is 4.15. The maximum Gasteiger partial charge on any atom is 0.412 e. The van der Waals surface area contributed by atoms with E-state index in [1.807, 2.05) is 0 Å². The van der Waals surface area contributed by atoms with Crippen LogP contribution in [-0.4, -0.2) is 19.4 Å². The van der Waals surface area contributed by atoms with Crippen LogP contribution >= 0.6 is 0 Å². The summed E-state index contributed by atoms with van der Waals surface area (Å²) in [5, 5.41) is 0. The summed E-state index contributed by atoms with van der Waals surface area (Å²) in [5.41, 5.74) is -0.531. The molecule has 0 saturated carbocycles. The predicted octanol–water partition coefficient (Wildman–Crippen LogP) is 3.13. The first-order chi connectivity index (χ1) is 6.02. The van der Waals surface area contributed by atoms with Crippen molar-refractivity contribution in [3.05, 3.63) is 18.6 Å². The van der Waals surface area contributed by atoms with Crippen LogP contribution in [0.2, 0.25) is 0 Å². The Morgan fingerprint density at radius 2 is 2.08 bits per heavy atom. The van der Waals surface area contributed by atoms with E-state index in [9.17, 15) is 13.2 Å². The highest BCUT2D eigenvalue weighted by atomic mass is 19.4. The largest absolute Gasteiger partial charge is 0.412 e. The Hall–Kier alpha value is -0.510. The van der Waals surface area contributed by atoms with Gasteiger partial charge in [0, 0.05) is 12.2 Å². The summed E-state index contributed by atoms with van der Waals surface area (Å²) >= 11 is 0. The van der Waals surface area contributed by atoms with Crippen LogP contribution in [0.3, 0.4) is 0 Å². The Morgan fingerprint density at radius 3 is 2.46 bits per heavy atom. The van der Waals surface area contributed by atoms with Gasteiger partial charge in [-0.05, 0) is 12.8 Å². The van der Waals surface area contributed by atoms with Gasteiger partial charge in [-0.25, -0.2) is 0 Å². The highest BCUT2D eigenvalue weighted by Gasteiger charge is 2.31. The number of allylic oxidation sites excluding steroid dienone is 1. The van der Waals surface area contributed by atoms with Gasteiger partial charge in [-0.2, -0.15) is 13.2 Å². The zero-order valence-electron chi connectivity index (χ0n) is 7.66. The van der Waals surface area contributed by atoms with E-state index in [1.165, 1.54) is 6.92 Å². The second-order valence-corrected chi connectivity index (χ2v) is 2.51. The molecule has 0 aliphatic carbocycles. The minimum atomic E-state index is -4.22. The fourth-order valence-electron chi connectivity index (χ4n) is 0.805. The molecule has 0 aromatic heterocycles. The molecule has 0 fully saturated rings. The number of hydrogen-bond acceptors (Lipinski definition) is 1. The third kappa shape index (κ3) is 5.69. The molecule has 0 rings (SSSR count). The van der Waals surface area contributed by atoms with Crippen molar-refractivity contribution in [3.63, 3.8) is 0 Å². The third-order valence-electron chi connectivity index (χ3n) is 1.48. The SMILES string of the molecule is [CH2]CCOCC=C(CC)C(F)(F)F. The maximum absolute atomic E-state index is 12.1. The lowest BCUT2D eigenvalue weighted by Crippen LogP contribution is -2.12. The number of ether oxygens (including phenoxy) is 1. The van der Waals surface area contributed by atoms with E-state index in [1.54, 1.807) is 0 Å². The van der Waals surface area contributed by atoms with Crippen LogP contribution in [0.25, 0.3) is 0 Å². The maximum atomic E-state index is 12.1. The van der Waals surface area contributed by atoms with Crippen LogP contribution in [0.1, 0.15) is 19.8 Å². The smallest absolute Gasteiger partial charge is 0.377 e. The summed E-state index contributed by atoms with van der Waals surface area (Å²) in [7, 11) is 0. The highest BCUT2D eigenvalue weighted by molar-refractivity contribution is 5.08. The van der Waals surface area contributed by atoms with Crippen LogP contribution in [0.4, 0.5) is 13.2 Å². The molecule has 0 spiro atoms. The van der Waals surface area contributed by atoms with Crippen LogP contribution < -0.4 is 0 Å². The standard InChI is InChI=1S/C9H14F3O/c1-3-6-13-7-5-8(4-2)9(10,11)12/h5H,1,3-4,6-7H2,2H3. The number of alkyl halides is 3. The molecule has 1 nitrogen and oxygen atoms in total. The Morgan fingerprint density at radius 1 is 1.46 bits per heavy atom. The summed E-state index contributed by atoms with van der Waals surface area (Å²) in [6, 6.07) is 0. The summed E-state index contributed by atoms with van der Waals surface area (Å²) < 4.78 is 41.2. The summed E-state index contributed by atoms with van der Waals surface area (Å²) in [6.07, 6.45) is -2.59. The molecular weight excluding hydrogens is 181 g/mol. The normalized spacial score (nSPS) is 13.5. The van der Waals surface area contributed by atoms with E-state index in [0.717, 1.165) is 6.08 Å². The fourth-order valence-corrected chi connectivity index (χ4v) is 0.805. The Bertz CT molecular complexity index is 161. The van der Waals surface area contributed by atoms with Crippen molar-refractivity contribution < 1.29 is 17.9 Å². The third-order valence-corrected chi connectivity index (χ3v) is 1.48. The molecule has 0 bridgehead atoms. The van der Waals surface area contributed by atoms with E-state index in [-0.39, 0.29) is 13.0 Å². The molecule has 77 valence electrons. The van der Waals surface area contributed by atoms with Gasteiger partial charge in [-0.3, -0.25) is 0 Å². The van der Waals surface area contributed by atoms with E-state index in [0.29, 0.717) is 13.0 Å². The molecule has 0 aromatic rings. The minimum Gasteiger partial charge on any atom is -0.377 e. The first-order valence-electron chi connectivity index (χ1n) is 4.15. The lowest BCUT2D eigenvalue weighted by molar-refractivity contribution is -0.0941. The molecule has 0 heterocycles. The van der Waals surface area contributed by atoms with Gasteiger partial charge in [0.1, 0.15) is 0 Å². The highest BCUT2D eigenvalue weighted by Crippen LogP contribution is 2.27. The topological polar surface area (TPSA) is 9.23 Å². The van der Waals surface area contributed by atoms with Gasteiger partial charge in [0.2, 0.25) is 0 Å². The van der Waals surface area contributed by atoms with Crippen molar-refractivity contribution in [2.75, 3.05) is 13.2 Å². The van der Waals surface area contributed by atoms with Crippen LogP contribution in [0, 0.1) is 6.92 Å². The van der Waals surface area contributed by atoms with Crippen molar-refractivity contribution in [2.45, 2.75) is 25.9 Å². The number of hydrogen-bond donors (Lipinski definition) is 0. The van der Waals surface area contributed by atoms with E-state index >= 15 is 0 Å². The molecule has 13 heavy (non-hydrogen) atoms. The quantitative estimate of drug-likeness (QED) is 0.483. The monoisotopic (exact) mass is 195 g/mol. The fraction of sp³-hybridized carbons (Fsp3) is 0.667. The Kier molecular flexibility index (Phi) is 5.79. The molecule has 0 aliphatic heterocycles.